The predicted octanol–water partition coefficient (Wildman–Crippen LogP) is 3.36. The lowest BCUT2D eigenvalue weighted by atomic mass is 9.80. The van der Waals surface area contributed by atoms with Gasteiger partial charge >= 0.3 is 59.7 Å². The zero-order chi connectivity index (χ0) is 98.0. The Kier molecular flexibility index (Phi) is 19.9. The van der Waals surface area contributed by atoms with Gasteiger partial charge in [0.1, 0.15) is 31.0 Å². The van der Waals surface area contributed by atoms with E-state index in [9.17, 15) is 172 Å². The first-order chi connectivity index (χ1) is 63.6. The number of hydrogen-bond donors (Lipinski definition) is 30. The minimum absolute atomic E-state index is 0.00147. The molecule has 0 aliphatic carbocycles. The Labute approximate surface area is 739 Å². The zero-order valence-electron chi connectivity index (χ0n) is 66.1. The van der Waals surface area contributed by atoms with Crippen LogP contribution < -0.4 is 9.47 Å². The Morgan fingerprint density at radius 2 is 0.556 bits per heavy atom. The molecule has 135 heavy (non-hydrogen) atoms. The van der Waals surface area contributed by atoms with E-state index in [1.54, 1.807) is 0 Å². The number of phenols is 28. The van der Waals surface area contributed by atoms with E-state index in [0.717, 1.165) is 7.11 Å². The van der Waals surface area contributed by atoms with Crippen LogP contribution in [0.2, 0.25) is 0 Å². The van der Waals surface area contributed by atoms with Gasteiger partial charge in [0.2, 0.25) is 63.2 Å². The van der Waals surface area contributed by atoms with Crippen LogP contribution in [0.15, 0.2) is 42.5 Å². The van der Waals surface area contributed by atoms with Crippen LogP contribution in [0.5, 0.6) is 178 Å². The van der Waals surface area contributed by atoms with Crippen molar-refractivity contribution < 1.29 is 258 Å². The summed E-state index contributed by atoms with van der Waals surface area (Å²) in [6.07, 6.45) is -31.1. The molecule has 52 heteroatoms. The molecular formula is C83H54O52. The molecule has 0 amide bonds. The van der Waals surface area contributed by atoms with Crippen molar-refractivity contribution >= 4 is 59.7 Å². The lowest BCUT2D eigenvalue weighted by Gasteiger charge is -2.40. The minimum atomic E-state index is -3.30. The quantitative estimate of drug-likeness (QED) is 0.0644. The molecule has 0 saturated heterocycles. The Morgan fingerprint density at radius 3 is 0.993 bits per heavy atom. The molecule has 10 aromatic rings. The smallest absolute Gasteiger partial charge is 0.342 e. The Morgan fingerprint density at radius 1 is 0.267 bits per heavy atom. The van der Waals surface area contributed by atoms with Gasteiger partial charge in [-0.15, -0.1) is 0 Å². The number of aromatic hydroxyl groups is 28. The number of benzene rings is 10. The highest BCUT2D eigenvalue weighted by Gasteiger charge is 2.59. The van der Waals surface area contributed by atoms with Crippen molar-refractivity contribution in [3.05, 3.63) is 109 Å². The van der Waals surface area contributed by atoms with Crippen LogP contribution in [0.1, 0.15) is 127 Å². The van der Waals surface area contributed by atoms with Crippen LogP contribution in [-0.4, -0.2) is 282 Å². The number of hydrogen-bond acceptors (Lipinski definition) is 52. The predicted molar refractivity (Wildman–Crippen MR) is 417 cm³/mol. The summed E-state index contributed by atoms with van der Waals surface area (Å²) in [5.74, 6) is -74.8. The van der Waals surface area contributed by atoms with Gasteiger partial charge in [-0.25, -0.2) is 47.9 Å². The van der Waals surface area contributed by atoms with Crippen LogP contribution in [0, 0.1) is 0 Å². The van der Waals surface area contributed by atoms with Crippen LogP contribution in [0.3, 0.4) is 0 Å². The number of fused-ring (bicyclic) bond motifs is 13. The molecule has 9 aliphatic heterocycles. The molecule has 0 radical (unpaired) electrons. The number of aliphatic hydroxyl groups excluding tert-OH is 2. The van der Waals surface area contributed by atoms with Gasteiger partial charge in [-0.05, 0) is 30.3 Å². The molecule has 10 aromatic carbocycles. The summed E-state index contributed by atoms with van der Waals surface area (Å²) in [5.41, 5.74) is -32.3. The van der Waals surface area contributed by atoms with E-state index < -0.39 is 435 Å². The summed E-state index contributed by atoms with van der Waals surface area (Å²) in [5, 5.41) is 348. The first kappa shape index (κ1) is 87.9. The van der Waals surface area contributed by atoms with E-state index in [0.29, 0.717) is 6.07 Å². The highest BCUT2D eigenvalue weighted by molar-refractivity contribution is 6.18. The average Bonchev–Trinajstić information content (AvgIpc) is 1.69. The molecule has 698 valence electrons. The lowest BCUT2D eigenvalue weighted by molar-refractivity contribution is -0.154. The molecule has 0 fully saturated rings. The van der Waals surface area contributed by atoms with E-state index in [1.807, 2.05) is 0 Å². The number of carbonyl (C=O) groups excluding carboxylic acids is 10. The second-order valence-electron chi connectivity index (χ2n) is 30.1. The normalized spacial score (nSPS) is 20.2. The first-order valence-corrected chi connectivity index (χ1v) is 37.7. The van der Waals surface area contributed by atoms with E-state index in [4.69, 9.17) is 56.8 Å². The molecule has 0 saturated carbocycles. The van der Waals surface area contributed by atoms with Crippen molar-refractivity contribution in [3.63, 3.8) is 0 Å². The van der Waals surface area contributed by atoms with Crippen molar-refractivity contribution in [2.45, 2.75) is 61.0 Å². The minimum Gasteiger partial charge on any atom is -0.504 e. The molecule has 52 nitrogen and oxygen atoms in total. The number of cyclic esters (lactones) is 3. The third kappa shape index (κ3) is 12.6. The SMILES string of the molecule is COc1cc2c(c(O)c1O)-c1c(cc(O)c(O)c1O)C(=O)OC[C@@H](OC(=O)c1cc(O)c(O)c(O)c1Oc1cc3c(c(O)c1O)-c1c(cc(O)c(O)c1O)C(=O)OC[C@H]1OC(=O)c4cc(O)c(O)c(O)c4-c4c(O)c(O)c(O)c5c4C(=O)O[C@H]([C@H]4OC(=O)c6c-5c(O)c(O)c(O)c6[C@@H]4O)[C@@H]1OC3=O)[C@H]([C@@H]1OC(=O)c3cc(O)c(O)c(O)c3-c3c(O)c(O)c(O)c4c3C(=O)O[C@H]1[C@H]4O)OC2=O. The maximum absolute atomic E-state index is 16.2. The lowest BCUT2D eigenvalue weighted by Crippen LogP contribution is -2.56. The summed E-state index contributed by atoms with van der Waals surface area (Å²) in [6.45, 7) is -3.81. The largest absolute Gasteiger partial charge is 0.504 e. The third-order valence-electron chi connectivity index (χ3n) is 22.9. The fraction of sp³-hybridized carbons (Fsp3) is 0.157. The number of phenolic OH excluding ortho intramolecular Hbond substituents is 28. The molecule has 30 N–H and O–H groups in total. The number of aliphatic hydroxyl groups is 2. The van der Waals surface area contributed by atoms with Crippen molar-refractivity contribution in [1.29, 1.82) is 0 Å². The number of carbonyl (C=O) groups is 10. The van der Waals surface area contributed by atoms with Crippen LogP contribution in [-0.2, 0) is 47.4 Å². The van der Waals surface area contributed by atoms with Crippen molar-refractivity contribution in [2.75, 3.05) is 20.3 Å². The van der Waals surface area contributed by atoms with Gasteiger partial charge in [0.05, 0.1) is 57.2 Å². The molecule has 9 aliphatic rings. The second-order valence-corrected chi connectivity index (χ2v) is 30.1. The monoisotopic (exact) mass is 1880 g/mol. The summed E-state index contributed by atoms with van der Waals surface area (Å²) in [6, 6.07) is 1.23. The van der Waals surface area contributed by atoms with Gasteiger partial charge in [0, 0.05) is 78.9 Å². The molecule has 9 heterocycles. The molecule has 0 spiro atoms. The van der Waals surface area contributed by atoms with E-state index >= 15 is 28.8 Å². The van der Waals surface area contributed by atoms with Gasteiger partial charge in [-0.1, -0.05) is 0 Å². The van der Waals surface area contributed by atoms with Crippen LogP contribution in [0.25, 0.3) is 55.6 Å². The van der Waals surface area contributed by atoms with Gasteiger partial charge < -0.3 is 210 Å². The van der Waals surface area contributed by atoms with Crippen LogP contribution in [0.4, 0.5) is 0 Å². The summed E-state index contributed by atoms with van der Waals surface area (Å²) in [4.78, 5) is 154. The molecule has 0 unspecified atom stereocenters. The number of ether oxygens (including phenoxy) is 12. The number of esters is 10. The van der Waals surface area contributed by atoms with Gasteiger partial charge in [-0.3, -0.25) is 0 Å². The first-order valence-electron chi connectivity index (χ1n) is 37.7. The van der Waals surface area contributed by atoms with Crippen molar-refractivity contribution in [1.82, 2.24) is 0 Å². The molecular weight excluding hydrogens is 1830 g/mol. The Hall–Kier alpha value is -19.2. The van der Waals surface area contributed by atoms with Gasteiger partial charge in [0.15, 0.2) is 164 Å². The van der Waals surface area contributed by atoms with E-state index in [-0.39, 0.29) is 36.4 Å². The third-order valence-corrected chi connectivity index (χ3v) is 22.9. The van der Waals surface area contributed by atoms with Gasteiger partial charge in [-0.2, -0.15) is 0 Å². The maximum atomic E-state index is 16.2. The summed E-state index contributed by atoms with van der Waals surface area (Å²) >= 11 is 0. The highest BCUT2D eigenvalue weighted by Crippen LogP contribution is 2.65. The second kappa shape index (κ2) is 30.5. The Bertz CT molecular complexity index is 7200. The summed E-state index contributed by atoms with van der Waals surface area (Å²) in [7, 11) is 0.772. The van der Waals surface area contributed by atoms with Gasteiger partial charge in [0.25, 0.3) is 0 Å². The molecule has 10 atom stereocenters. The fourth-order valence-electron chi connectivity index (χ4n) is 16.6. The van der Waals surface area contributed by atoms with E-state index in [2.05, 4.69) is 0 Å². The zero-order valence-corrected chi connectivity index (χ0v) is 66.1. The topological polar surface area (TPSA) is 888 Å². The van der Waals surface area contributed by atoms with Crippen molar-refractivity contribution in [2.24, 2.45) is 0 Å². The maximum Gasteiger partial charge on any atom is 0.342 e. The fourth-order valence-corrected chi connectivity index (χ4v) is 16.6. The number of methoxy groups -OCH3 is 1. The highest BCUT2D eigenvalue weighted by atomic mass is 16.7. The van der Waals surface area contributed by atoms with Crippen molar-refractivity contribution in [3.8, 4) is 234 Å². The summed E-state index contributed by atoms with van der Waals surface area (Å²) < 4.78 is 68.2. The molecule has 19 rings (SSSR count). The molecule has 10 bridgehead atoms. The standard InChI is InChI=1S/C83H54O52/c1-124-23-7-15-29(53(100)47(23)94)27-11(2-18(84)42(89)49(27)96)74(114)126-10-26(68(130-78(15)118)72-70-61(108)40-38(82(122)132-70)34(56(103)64(111)59(40)106)32-14(77(117)134-72)5-21(87)45(92)52(32)99)129-80(120)17-6-22(88)46(93)66(113)67(17)127-24-8-16-30(54(101)48(24)95)28-12(3-19(85)43(90)50(28)97)75(115)125-9-25-69(131-79(16)119)73-71-62(109)41-39(83(123)133-71)36(58(105)65(112)60(41)107)35-37(81(121)135-73)33(55(102)63(110)57(35)104)31-13(76(116)128-25)4-20(86)44(91)51(31)98/h2-8,25-26,61-62,68-73,84-113H,9-10H2,1H3/t25-,26-,61+,62+,68-,69-,70+,71+,72+,73+/m1/s1. The molecule has 0 aromatic heterocycles. The van der Waals surface area contributed by atoms with Crippen LogP contribution >= 0.6 is 0 Å². The van der Waals surface area contributed by atoms with E-state index in [1.165, 1.54) is 0 Å². The number of rotatable bonds is 6. The Balaban J connectivity index is 0.863. The average molecular weight is 1880 g/mol.